The highest BCUT2D eigenvalue weighted by molar-refractivity contribution is 7.89. The van der Waals surface area contributed by atoms with Crippen molar-refractivity contribution in [2.24, 2.45) is 0 Å². The molecule has 0 heterocycles. The molecule has 0 radical (unpaired) electrons. The van der Waals surface area contributed by atoms with Gasteiger partial charge in [-0.15, -0.1) is 0 Å². The molecule has 0 aliphatic rings. The van der Waals surface area contributed by atoms with Gasteiger partial charge in [-0.3, -0.25) is 4.79 Å². The molecule has 0 atom stereocenters. The van der Waals surface area contributed by atoms with Gasteiger partial charge in [0.2, 0.25) is 10.0 Å². The van der Waals surface area contributed by atoms with Gasteiger partial charge in [-0.05, 0) is 24.3 Å². The maximum atomic E-state index is 12.5. The van der Waals surface area contributed by atoms with E-state index in [1.54, 1.807) is 18.2 Å². The lowest BCUT2D eigenvalue weighted by atomic mass is 10.1. The molecule has 0 unspecified atom stereocenters. The lowest BCUT2D eigenvalue weighted by Gasteiger charge is -2.15. The van der Waals surface area contributed by atoms with Gasteiger partial charge in [0.1, 0.15) is 5.75 Å². The number of carbonyl (C=O) groups is 1. The highest BCUT2D eigenvalue weighted by Crippen LogP contribution is 2.34. The van der Waals surface area contributed by atoms with Crippen molar-refractivity contribution >= 4 is 15.9 Å². The van der Waals surface area contributed by atoms with E-state index in [4.69, 9.17) is 14.2 Å². The van der Waals surface area contributed by atoms with E-state index < -0.39 is 15.9 Å². The standard InChI is InChI=1S/C19H24N2O6S/c1-21(2)28(23,24)15-8-6-7-13(9-15)19(22)20-12-14-10-17(26-4)18(27-5)11-16(14)25-3/h6-11H,12H2,1-5H3,(H,20,22). The number of nitrogens with zero attached hydrogens (tertiary/aromatic N) is 1. The summed E-state index contributed by atoms with van der Waals surface area (Å²) in [4.78, 5) is 12.6. The van der Waals surface area contributed by atoms with E-state index in [1.807, 2.05) is 0 Å². The van der Waals surface area contributed by atoms with Crippen molar-refractivity contribution in [2.75, 3.05) is 35.4 Å². The number of benzene rings is 2. The van der Waals surface area contributed by atoms with Crippen molar-refractivity contribution in [3.05, 3.63) is 47.5 Å². The number of hydrogen-bond acceptors (Lipinski definition) is 6. The number of nitrogens with one attached hydrogen (secondary N) is 1. The normalized spacial score (nSPS) is 11.2. The van der Waals surface area contributed by atoms with Crippen LogP contribution in [-0.2, 0) is 16.6 Å². The number of carbonyl (C=O) groups excluding carboxylic acids is 1. The number of rotatable bonds is 8. The van der Waals surface area contributed by atoms with Crippen LogP contribution in [0.2, 0.25) is 0 Å². The molecule has 0 saturated carbocycles. The fourth-order valence-corrected chi connectivity index (χ4v) is 3.46. The minimum Gasteiger partial charge on any atom is -0.496 e. The Morgan fingerprint density at radius 2 is 1.57 bits per heavy atom. The summed E-state index contributed by atoms with van der Waals surface area (Å²) in [6.07, 6.45) is 0. The predicted octanol–water partition coefficient (Wildman–Crippen LogP) is 1.89. The van der Waals surface area contributed by atoms with Crippen molar-refractivity contribution in [3.8, 4) is 17.2 Å². The zero-order valence-corrected chi connectivity index (χ0v) is 17.3. The van der Waals surface area contributed by atoms with E-state index in [1.165, 1.54) is 53.6 Å². The molecule has 0 saturated heterocycles. The van der Waals surface area contributed by atoms with E-state index in [0.29, 0.717) is 22.8 Å². The molecule has 0 aliphatic heterocycles. The van der Waals surface area contributed by atoms with Crippen molar-refractivity contribution in [1.29, 1.82) is 0 Å². The Bertz CT molecular complexity index is 957. The van der Waals surface area contributed by atoms with E-state index in [-0.39, 0.29) is 17.0 Å². The third-order valence-electron chi connectivity index (χ3n) is 4.10. The van der Waals surface area contributed by atoms with Gasteiger partial charge in [0.25, 0.3) is 5.91 Å². The second-order valence-corrected chi connectivity index (χ2v) is 8.17. The van der Waals surface area contributed by atoms with Crippen LogP contribution in [-0.4, -0.2) is 54.1 Å². The number of ether oxygens (including phenoxy) is 3. The van der Waals surface area contributed by atoms with Gasteiger partial charge in [-0.25, -0.2) is 12.7 Å². The summed E-state index contributed by atoms with van der Waals surface area (Å²) in [6, 6.07) is 9.26. The Labute approximate surface area is 165 Å². The van der Waals surface area contributed by atoms with Crippen LogP contribution in [0.25, 0.3) is 0 Å². The summed E-state index contributed by atoms with van der Waals surface area (Å²) >= 11 is 0. The number of sulfonamides is 1. The third-order valence-corrected chi connectivity index (χ3v) is 5.91. The Kier molecular flexibility index (Phi) is 6.87. The molecule has 1 amide bonds. The summed E-state index contributed by atoms with van der Waals surface area (Å²) in [5.41, 5.74) is 0.924. The molecule has 8 nitrogen and oxygen atoms in total. The first kappa shape index (κ1) is 21.5. The van der Waals surface area contributed by atoms with Crippen LogP contribution in [0, 0.1) is 0 Å². The average molecular weight is 408 g/mol. The molecular weight excluding hydrogens is 384 g/mol. The molecule has 152 valence electrons. The van der Waals surface area contributed by atoms with Crippen molar-refractivity contribution in [1.82, 2.24) is 9.62 Å². The smallest absolute Gasteiger partial charge is 0.251 e. The Balaban J connectivity index is 2.23. The van der Waals surface area contributed by atoms with Crippen molar-refractivity contribution in [3.63, 3.8) is 0 Å². The summed E-state index contributed by atoms with van der Waals surface area (Å²) in [6.45, 7) is 0.160. The SMILES string of the molecule is COc1cc(OC)c(OC)cc1CNC(=O)c1cccc(S(=O)(=O)N(C)C)c1. The molecule has 2 aromatic carbocycles. The minimum atomic E-state index is -3.62. The molecule has 1 N–H and O–H groups in total. The van der Waals surface area contributed by atoms with Gasteiger partial charge in [0.15, 0.2) is 11.5 Å². The first-order valence-electron chi connectivity index (χ1n) is 8.34. The second-order valence-electron chi connectivity index (χ2n) is 6.02. The molecule has 9 heteroatoms. The number of amides is 1. The summed E-state index contributed by atoms with van der Waals surface area (Å²) in [5, 5.41) is 2.76. The molecule has 0 fully saturated rings. The molecular formula is C19H24N2O6S. The predicted molar refractivity (Wildman–Crippen MR) is 105 cm³/mol. The largest absolute Gasteiger partial charge is 0.496 e. The first-order valence-corrected chi connectivity index (χ1v) is 9.78. The number of methoxy groups -OCH3 is 3. The lowest BCUT2D eigenvalue weighted by molar-refractivity contribution is 0.0950. The summed E-state index contributed by atoms with van der Waals surface area (Å²) < 4.78 is 41.5. The van der Waals surface area contributed by atoms with Crippen molar-refractivity contribution < 1.29 is 27.4 Å². The lowest BCUT2D eigenvalue weighted by Crippen LogP contribution is -2.25. The van der Waals surface area contributed by atoms with E-state index in [2.05, 4.69) is 5.32 Å². The quantitative estimate of drug-likeness (QED) is 0.717. The third kappa shape index (κ3) is 4.55. The molecule has 0 bridgehead atoms. The maximum Gasteiger partial charge on any atom is 0.251 e. The van der Waals surface area contributed by atoms with Crippen LogP contribution in [0.1, 0.15) is 15.9 Å². The van der Waals surface area contributed by atoms with Crippen LogP contribution in [0.15, 0.2) is 41.3 Å². The molecule has 2 aromatic rings. The van der Waals surface area contributed by atoms with E-state index >= 15 is 0 Å². The van der Waals surface area contributed by atoms with Gasteiger partial charge in [-0.1, -0.05) is 6.07 Å². The van der Waals surface area contributed by atoms with E-state index in [0.717, 1.165) is 4.31 Å². The highest BCUT2D eigenvalue weighted by atomic mass is 32.2. The second kappa shape index (κ2) is 8.94. The highest BCUT2D eigenvalue weighted by Gasteiger charge is 2.19. The molecule has 28 heavy (non-hydrogen) atoms. The zero-order valence-electron chi connectivity index (χ0n) is 16.5. The Morgan fingerprint density at radius 1 is 0.964 bits per heavy atom. The van der Waals surface area contributed by atoms with Crippen LogP contribution < -0.4 is 19.5 Å². The van der Waals surface area contributed by atoms with Gasteiger partial charge < -0.3 is 19.5 Å². The van der Waals surface area contributed by atoms with Crippen LogP contribution >= 0.6 is 0 Å². The Hall–Kier alpha value is -2.78. The van der Waals surface area contributed by atoms with Gasteiger partial charge in [0, 0.05) is 37.8 Å². The van der Waals surface area contributed by atoms with Gasteiger partial charge in [-0.2, -0.15) is 0 Å². The first-order chi connectivity index (χ1) is 13.2. The van der Waals surface area contributed by atoms with Crippen molar-refractivity contribution in [2.45, 2.75) is 11.4 Å². The molecule has 0 aromatic heterocycles. The van der Waals surface area contributed by atoms with Crippen LogP contribution in [0.3, 0.4) is 0 Å². The Morgan fingerprint density at radius 3 is 2.14 bits per heavy atom. The topological polar surface area (TPSA) is 94.2 Å². The maximum absolute atomic E-state index is 12.5. The fraction of sp³-hybridized carbons (Fsp3) is 0.316. The van der Waals surface area contributed by atoms with Crippen LogP contribution in [0.5, 0.6) is 17.2 Å². The molecule has 0 aliphatic carbocycles. The fourth-order valence-electron chi connectivity index (χ4n) is 2.52. The van der Waals surface area contributed by atoms with Crippen LogP contribution in [0.4, 0.5) is 0 Å². The van der Waals surface area contributed by atoms with Gasteiger partial charge in [0.05, 0.1) is 26.2 Å². The summed E-state index contributed by atoms with van der Waals surface area (Å²) in [7, 11) is 3.80. The van der Waals surface area contributed by atoms with Gasteiger partial charge >= 0.3 is 0 Å². The monoisotopic (exact) mass is 408 g/mol. The molecule has 2 rings (SSSR count). The average Bonchev–Trinajstić information content (AvgIpc) is 2.71. The molecule has 0 spiro atoms. The van der Waals surface area contributed by atoms with E-state index in [9.17, 15) is 13.2 Å². The zero-order chi connectivity index (χ0) is 20.9. The minimum absolute atomic E-state index is 0.0499. The summed E-state index contributed by atoms with van der Waals surface area (Å²) in [5.74, 6) is 1.14. The number of hydrogen-bond donors (Lipinski definition) is 1.